The molecule has 1 aromatic rings. The number of aliphatic hydroxyl groups is 1. The Morgan fingerprint density at radius 3 is 2.47 bits per heavy atom. The summed E-state index contributed by atoms with van der Waals surface area (Å²) < 4.78 is 5.63. The van der Waals surface area contributed by atoms with Gasteiger partial charge >= 0.3 is 0 Å². The van der Waals surface area contributed by atoms with Gasteiger partial charge in [0.25, 0.3) is 0 Å². The third-order valence-electron chi connectivity index (χ3n) is 2.55. The van der Waals surface area contributed by atoms with Crippen molar-refractivity contribution < 1.29 is 9.84 Å². The molecule has 0 bridgehead atoms. The Labute approximate surface area is 109 Å². The van der Waals surface area contributed by atoms with Crippen LogP contribution in [0.5, 0.6) is 5.75 Å². The van der Waals surface area contributed by atoms with E-state index in [4.69, 9.17) is 16.3 Å². The van der Waals surface area contributed by atoms with Crippen molar-refractivity contribution in [1.82, 2.24) is 0 Å². The van der Waals surface area contributed by atoms with Crippen molar-refractivity contribution >= 4 is 11.6 Å². The van der Waals surface area contributed by atoms with Crippen molar-refractivity contribution in [3.8, 4) is 5.75 Å². The lowest BCUT2D eigenvalue weighted by Gasteiger charge is -2.18. The maximum absolute atomic E-state index is 9.42. The van der Waals surface area contributed by atoms with Crippen LogP contribution >= 0.6 is 11.6 Å². The lowest BCUT2D eigenvalue weighted by Crippen LogP contribution is -2.11. The van der Waals surface area contributed by atoms with Gasteiger partial charge in [0.1, 0.15) is 5.75 Å². The summed E-state index contributed by atoms with van der Waals surface area (Å²) in [6.07, 6.45) is 0.470. The van der Waals surface area contributed by atoms with Crippen LogP contribution in [0.2, 0.25) is 5.02 Å². The second kappa shape index (κ2) is 5.74. The van der Waals surface area contributed by atoms with Crippen LogP contribution in [0.25, 0.3) is 0 Å². The quantitative estimate of drug-likeness (QED) is 0.875. The summed E-state index contributed by atoms with van der Waals surface area (Å²) in [6, 6.07) is 5.40. The van der Waals surface area contributed by atoms with E-state index in [1.807, 2.05) is 12.1 Å². The van der Waals surface area contributed by atoms with E-state index in [-0.39, 0.29) is 5.41 Å². The Balaban J connectivity index is 2.61. The first-order valence-corrected chi connectivity index (χ1v) is 6.28. The van der Waals surface area contributed by atoms with Crippen LogP contribution in [0.1, 0.15) is 45.8 Å². The van der Waals surface area contributed by atoms with Crippen LogP contribution in [-0.2, 0) is 0 Å². The van der Waals surface area contributed by atoms with E-state index in [1.165, 1.54) is 0 Å². The smallest absolute Gasteiger partial charge is 0.137 e. The Morgan fingerprint density at radius 2 is 2.00 bits per heavy atom. The first-order chi connectivity index (χ1) is 7.79. The van der Waals surface area contributed by atoms with Crippen molar-refractivity contribution in [3.63, 3.8) is 0 Å². The molecular formula is C14H21ClO2. The van der Waals surface area contributed by atoms with E-state index >= 15 is 0 Å². The minimum Gasteiger partial charge on any atom is -0.492 e. The van der Waals surface area contributed by atoms with Gasteiger partial charge in [-0.25, -0.2) is 0 Å². The molecule has 0 spiro atoms. The van der Waals surface area contributed by atoms with Crippen LogP contribution in [0.4, 0.5) is 0 Å². The molecule has 0 saturated heterocycles. The number of hydrogen-bond donors (Lipinski definition) is 1. The molecule has 0 aliphatic rings. The van der Waals surface area contributed by atoms with Crippen LogP contribution < -0.4 is 4.74 Å². The summed E-state index contributed by atoms with van der Waals surface area (Å²) in [5.74, 6) is 0.681. The third kappa shape index (κ3) is 4.97. The third-order valence-corrected chi connectivity index (χ3v) is 2.84. The second-order valence-corrected chi connectivity index (χ2v) is 5.93. The largest absolute Gasteiger partial charge is 0.492 e. The van der Waals surface area contributed by atoms with Crippen LogP contribution in [0.15, 0.2) is 18.2 Å². The maximum atomic E-state index is 9.42. The molecule has 1 rings (SSSR count). The topological polar surface area (TPSA) is 29.5 Å². The summed E-state index contributed by atoms with van der Waals surface area (Å²) in [4.78, 5) is 0. The monoisotopic (exact) mass is 256 g/mol. The Bertz CT molecular complexity index is 367. The predicted octanol–water partition coefficient (Wildman–Crippen LogP) is 4.21. The number of rotatable bonds is 4. The van der Waals surface area contributed by atoms with Gasteiger partial charge in [-0.05, 0) is 36.5 Å². The minimum absolute atomic E-state index is 0.256. The van der Waals surface area contributed by atoms with E-state index in [0.29, 0.717) is 17.4 Å². The highest BCUT2D eigenvalue weighted by atomic mass is 35.5. The fraction of sp³-hybridized carbons (Fsp3) is 0.571. The summed E-state index contributed by atoms with van der Waals surface area (Å²) in [5, 5.41) is 9.98. The molecule has 17 heavy (non-hydrogen) atoms. The molecule has 1 unspecified atom stereocenters. The highest BCUT2D eigenvalue weighted by molar-refractivity contribution is 6.32. The average molecular weight is 257 g/mol. The highest BCUT2D eigenvalue weighted by Gasteiger charge is 2.11. The Kier molecular flexibility index (Phi) is 4.84. The van der Waals surface area contributed by atoms with Gasteiger partial charge in [-0.1, -0.05) is 38.4 Å². The molecule has 1 N–H and O–H groups in total. The van der Waals surface area contributed by atoms with Crippen molar-refractivity contribution in [2.24, 2.45) is 5.41 Å². The van der Waals surface area contributed by atoms with Gasteiger partial charge in [-0.2, -0.15) is 0 Å². The van der Waals surface area contributed by atoms with E-state index in [1.54, 1.807) is 13.0 Å². The van der Waals surface area contributed by atoms with Crippen molar-refractivity contribution in [1.29, 1.82) is 0 Å². The van der Waals surface area contributed by atoms with Gasteiger partial charge in [-0.3, -0.25) is 0 Å². The zero-order chi connectivity index (χ0) is 13.1. The molecular weight excluding hydrogens is 236 g/mol. The first-order valence-electron chi connectivity index (χ1n) is 5.90. The van der Waals surface area contributed by atoms with Crippen LogP contribution in [-0.4, -0.2) is 11.7 Å². The highest BCUT2D eigenvalue weighted by Crippen LogP contribution is 2.28. The van der Waals surface area contributed by atoms with E-state index in [9.17, 15) is 5.11 Å². The van der Waals surface area contributed by atoms with E-state index in [0.717, 1.165) is 12.0 Å². The van der Waals surface area contributed by atoms with E-state index in [2.05, 4.69) is 20.8 Å². The molecule has 0 aromatic heterocycles. The second-order valence-electron chi connectivity index (χ2n) is 5.52. The Hall–Kier alpha value is -0.730. The zero-order valence-corrected chi connectivity index (χ0v) is 11.7. The number of aliphatic hydroxyl groups excluding tert-OH is 1. The van der Waals surface area contributed by atoms with E-state index < -0.39 is 6.10 Å². The predicted molar refractivity (Wildman–Crippen MR) is 71.7 cm³/mol. The van der Waals surface area contributed by atoms with Gasteiger partial charge in [0.15, 0.2) is 0 Å². The van der Waals surface area contributed by atoms with Crippen LogP contribution in [0, 0.1) is 5.41 Å². The Morgan fingerprint density at radius 1 is 1.35 bits per heavy atom. The molecule has 0 saturated carbocycles. The zero-order valence-electron chi connectivity index (χ0n) is 11.0. The molecule has 1 atom stereocenters. The molecule has 3 heteroatoms. The van der Waals surface area contributed by atoms with Gasteiger partial charge in [0.2, 0.25) is 0 Å². The number of ether oxygens (including phenoxy) is 1. The SMILES string of the molecule is CC(O)c1ccc(OCCC(C)(C)C)c(Cl)c1. The molecule has 0 fully saturated rings. The molecule has 0 amide bonds. The average Bonchev–Trinajstić information content (AvgIpc) is 2.18. The molecule has 2 nitrogen and oxygen atoms in total. The van der Waals surface area contributed by atoms with Crippen molar-refractivity contribution in [3.05, 3.63) is 28.8 Å². The van der Waals surface area contributed by atoms with Gasteiger partial charge < -0.3 is 9.84 Å². The van der Waals surface area contributed by atoms with Crippen molar-refractivity contribution in [2.45, 2.75) is 40.2 Å². The lowest BCUT2D eigenvalue weighted by molar-refractivity contribution is 0.199. The lowest BCUT2D eigenvalue weighted by atomic mass is 9.93. The number of benzene rings is 1. The molecule has 0 heterocycles. The number of halogens is 1. The standard InChI is InChI=1S/C14H21ClO2/c1-10(16)11-5-6-13(12(15)9-11)17-8-7-14(2,3)4/h5-6,9-10,16H,7-8H2,1-4H3. The maximum Gasteiger partial charge on any atom is 0.137 e. The minimum atomic E-state index is -0.504. The summed E-state index contributed by atoms with van der Waals surface area (Å²) in [5.41, 5.74) is 1.06. The molecule has 1 aromatic carbocycles. The molecule has 0 aliphatic carbocycles. The van der Waals surface area contributed by atoms with Gasteiger partial charge in [0, 0.05) is 0 Å². The fourth-order valence-electron chi connectivity index (χ4n) is 1.36. The summed E-state index contributed by atoms with van der Waals surface area (Å²) in [6.45, 7) is 8.89. The fourth-order valence-corrected chi connectivity index (χ4v) is 1.60. The molecule has 0 aliphatic heterocycles. The summed E-state index contributed by atoms with van der Waals surface area (Å²) in [7, 11) is 0. The molecule has 96 valence electrons. The summed E-state index contributed by atoms with van der Waals surface area (Å²) >= 11 is 6.09. The first kappa shape index (κ1) is 14.3. The number of hydrogen-bond acceptors (Lipinski definition) is 2. The van der Waals surface area contributed by atoms with Gasteiger partial charge in [0.05, 0.1) is 17.7 Å². The molecule has 0 radical (unpaired) electrons. The van der Waals surface area contributed by atoms with Gasteiger partial charge in [-0.15, -0.1) is 0 Å². The van der Waals surface area contributed by atoms with Crippen LogP contribution in [0.3, 0.4) is 0 Å². The normalized spacial score (nSPS) is 13.5. The van der Waals surface area contributed by atoms with Crippen molar-refractivity contribution in [2.75, 3.05) is 6.61 Å².